The van der Waals surface area contributed by atoms with Crippen molar-refractivity contribution < 1.29 is 24.1 Å². The molecule has 0 saturated carbocycles. The van der Waals surface area contributed by atoms with E-state index in [1.54, 1.807) is 18.2 Å². The first-order valence-corrected chi connectivity index (χ1v) is 13.0. The zero-order valence-electron chi connectivity index (χ0n) is 22.8. The smallest absolute Gasteiger partial charge is 0.159 e. The minimum atomic E-state index is 0. The van der Waals surface area contributed by atoms with Gasteiger partial charge in [-0.2, -0.15) is 0 Å². The molecule has 0 amide bonds. The Balaban J connectivity index is 0.000000381. The summed E-state index contributed by atoms with van der Waals surface area (Å²) in [6, 6.07) is 12.9. The molecule has 1 aliphatic heterocycles. The van der Waals surface area contributed by atoms with Gasteiger partial charge in [0.25, 0.3) is 0 Å². The molecule has 206 valence electrons. The number of Topliss-reactive ketones (excluding diaryl/α,β-unsaturated/α-hetero) is 1. The summed E-state index contributed by atoms with van der Waals surface area (Å²) in [7, 11) is 0. The van der Waals surface area contributed by atoms with Crippen molar-refractivity contribution in [3.8, 4) is 17.2 Å². The van der Waals surface area contributed by atoms with E-state index in [0.717, 1.165) is 82.4 Å². The molecule has 3 rings (SSSR count). The quantitative estimate of drug-likeness (QED) is 0.191. The lowest BCUT2D eigenvalue weighted by Crippen LogP contribution is -2.37. The number of hydrogen-bond donors (Lipinski definition) is 1. The Bertz CT molecular complexity index is 935. The standard InChI is InChI=1S/C17H27NO3.C13H16O2.ClH/c1-2-3-12-20-16-5-7-17(8-6-16)21-13-4-9-18-10-14-19-15-11-18;1-9(2)4-5-12-8-11(10(3)14)6-7-13(12)15;/h5-8H,2-4,9-15H2,1H3;4,6-8,15H,5H2,1-3H3;1H. The Morgan fingerprint density at radius 2 is 1.57 bits per heavy atom. The molecule has 37 heavy (non-hydrogen) atoms. The van der Waals surface area contributed by atoms with E-state index in [2.05, 4.69) is 11.8 Å². The maximum Gasteiger partial charge on any atom is 0.159 e. The van der Waals surface area contributed by atoms with E-state index < -0.39 is 0 Å². The Morgan fingerprint density at radius 1 is 0.973 bits per heavy atom. The van der Waals surface area contributed by atoms with E-state index in [9.17, 15) is 9.90 Å². The van der Waals surface area contributed by atoms with Crippen molar-refractivity contribution in [3.05, 3.63) is 65.2 Å². The highest BCUT2D eigenvalue weighted by molar-refractivity contribution is 5.94. The first-order chi connectivity index (χ1) is 17.4. The number of halogens is 1. The second kappa shape index (κ2) is 18.7. The predicted octanol–water partition coefficient (Wildman–Crippen LogP) is 6.49. The van der Waals surface area contributed by atoms with Gasteiger partial charge < -0.3 is 19.3 Å². The number of allylic oxidation sites excluding steroid dienone is 2. The number of rotatable bonds is 12. The maximum atomic E-state index is 11.1. The number of benzene rings is 2. The van der Waals surface area contributed by atoms with E-state index in [1.807, 2.05) is 44.2 Å². The number of phenols is 1. The van der Waals surface area contributed by atoms with Crippen molar-refractivity contribution in [2.45, 2.75) is 53.4 Å². The number of carbonyl (C=O) groups is 1. The molecule has 0 aliphatic carbocycles. The summed E-state index contributed by atoms with van der Waals surface area (Å²) in [5, 5.41) is 9.59. The molecule has 0 bridgehead atoms. The zero-order valence-corrected chi connectivity index (χ0v) is 23.6. The fourth-order valence-corrected chi connectivity index (χ4v) is 3.55. The van der Waals surface area contributed by atoms with Crippen molar-refractivity contribution in [1.29, 1.82) is 0 Å². The van der Waals surface area contributed by atoms with Gasteiger partial charge in [0, 0.05) is 25.2 Å². The number of ketones is 1. The summed E-state index contributed by atoms with van der Waals surface area (Å²) < 4.78 is 16.7. The van der Waals surface area contributed by atoms with Crippen molar-refractivity contribution in [2.75, 3.05) is 46.1 Å². The molecule has 1 heterocycles. The molecule has 0 unspecified atom stereocenters. The van der Waals surface area contributed by atoms with E-state index >= 15 is 0 Å². The van der Waals surface area contributed by atoms with Crippen LogP contribution in [0, 0.1) is 0 Å². The molecular formula is C30H44ClNO5. The molecule has 0 spiro atoms. The minimum Gasteiger partial charge on any atom is -0.508 e. The third-order valence-electron chi connectivity index (χ3n) is 5.80. The minimum absolute atomic E-state index is 0. The third kappa shape index (κ3) is 13.5. The van der Waals surface area contributed by atoms with Gasteiger partial charge in [0.15, 0.2) is 5.78 Å². The van der Waals surface area contributed by atoms with Crippen LogP contribution < -0.4 is 9.47 Å². The van der Waals surface area contributed by atoms with Gasteiger partial charge >= 0.3 is 0 Å². The summed E-state index contributed by atoms with van der Waals surface area (Å²) in [6.07, 6.45) is 5.99. The van der Waals surface area contributed by atoms with Gasteiger partial charge in [-0.05, 0) is 88.1 Å². The summed E-state index contributed by atoms with van der Waals surface area (Å²) in [4.78, 5) is 13.6. The molecule has 2 aromatic rings. The average Bonchev–Trinajstić information content (AvgIpc) is 2.88. The van der Waals surface area contributed by atoms with Gasteiger partial charge in [-0.15, -0.1) is 12.4 Å². The normalized spacial score (nSPS) is 13.0. The number of aromatic hydroxyl groups is 1. The second-order valence-electron chi connectivity index (χ2n) is 9.21. The summed E-state index contributed by atoms with van der Waals surface area (Å²) >= 11 is 0. The SMILES string of the molecule is CC(=O)c1ccc(O)c(CC=C(C)C)c1.CCCCOc1ccc(OCCCN2CCOCC2)cc1.Cl. The van der Waals surface area contributed by atoms with E-state index in [-0.39, 0.29) is 23.9 Å². The lowest BCUT2D eigenvalue weighted by atomic mass is 10.0. The second-order valence-corrected chi connectivity index (χ2v) is 9.21. The molecule has 1 N–H and O–H groups in total. The maximum absolute atomic E-state index is 11.1. The van der Waals surface area contributed by atoms with E-state index in [4.69, 9.17) is 14.2 Å². The molecule has 2 aromatic carbocycles. The predicted molar refractivity (Wildman–Crippen MR) is 153 cm³/mol. The number of hydrogen-bond acceptors (Lipinski definition) is 6. The van der Waals surface area contributed by atoms with E-state index in [0.29, 0.717) is 12.0 Å². The van der Waals surface area contributed by atoms with E-state index in [1.165, 1.54) is 12.5 Å². The van der Waals surface area contributed by atoms with Crippen LogP contribution in [0.5, 0.6) is 17.2 Å². The average molecular weight is 534 g/mol. The van der Waals surface area contributed by atoms with Gasteiger partial charge in [-0.1, -0.05) is 25.0 Å². The van der Waals surface area contributed by atoms with Gasteiger partial charge in [0.1, 0.15) is 17.2 Å². The first kappa shape index (κ1) is 32.5. The summed E-state index contributed by atoms with van der Waals surface area (Å²) in [5.41, 5.74) is 2.64. The number of morpholine rings is 1. The number of carbonyl (C=O) groups excluding carboxylic acids is 1. The van der Waals surface area contributed by atoms with Crippen LogP contribution in [0.25, 0.3) is 0 Å². The highest BCUT2D eigenvalue weighted by Crippen LogP contribution is 2.20. The number of ether oxygens (including phenoxy) is 3. The van der Waals surface area contributed by atoms with Crippen molar-refractivity contribution >= 4 is 18.2 Å². The Morgan fingerprint density at radius 3 is 2.11 bits per heavy atom. The summed E-state index contributed by atoms with van der Waals surface area (Å²) in [5.74, 6) is 2.11. The fraction of sp³-hybridized carbons (Fsp3) is 0.500. The molecule has 7 heteroatoms. The number of phenolic OH excluding ortho intramolecular Hbond substituents is 1. The fourth-order valence-electron chi connectivity index (χ4n) is 3.55. The monoisotopic (exact) mass is 533 g/mol. The molecule has 0 radical (unpaired) electrons. The van der Waals surface area contributed by atoms with Crippen molar-refractivity contribution in [1.82, 2.24) is 4.90 Å². The topological polar surface area (TPSA) is 68.2 Å². The molecule has 0 aromatic heterocycles. The lowest BCUT2D eigenvalue weighted by molar-refractivity contribution is 0.0358. The first-order valence-electron chi connectivity index (χ1n) is 13.0. The molecule has 1 aliphatic rings. The van der Waals surface area contributed by atoms with Crippen LogP contribution in [0.2, 0.25) is 0 Å². The van der Waals surface area contributed by atoms with Crippen molar-refractivity contribution in [3.63, 3.8) is 0 Å². The van der Waals surface area contributed by atoms with Gasteiger partial charge in [-0.25, -0.2) is 0 Å². The highest BCUT2D eigenvalue weighted by Gasteiger charge is 2.09. The van der Waals surface area contributed by atoms with Crippen LogP contribution in [0.4, 0.5) is 0 Å². The number of nitrogens with zero attached hydrogens (tertiary/aromatic N) is 1. The lowest BCUT2D eigenvalue weighted by Gasteiger charge is -2.26. The molecule has 1 saturated heterocycles. The summed E-state index contributed by atoms with van der Waals surface area (Å²) in [6.45, 7) is 14.1. The van der Waals surface area contributed by atoms with Crippen LogP contribution in [0.1, 0.15) is 62.9 Å². The molecule has 6 nitrogen and oxygen atoms in total. The van der Waals surface area contributed by atoms with Crippen molar-refractivity contribution in [2.24, 2.45) is 0 Å². The Labute approximate surface area is 229 Å². The van der Waals surface area contributed by atoms with Gasteiger partial charge in [0.05, 0.1) is 26.4 Å². The van der Waals surface area contributed by atoms with Gasteiger partial charge in [-0.3, -0.25) is 9.69 Å². The molecule has 0 atom stereocenters. The van der Waals surface area contributed by atoms with Crippen LogP contribution in [0.15, 0.2) is 54.1 Å². The molecule has 1 fully saturated rings. The number of unbranched alkanes of at least 4 members (excludes halogenated alkanes) is 1. The van der Waals surface area contributed by atoms with Crippen LogP contribution in [0.3, 0.4) is 0 Å². The zero-order chi connectivity index (χ0) is 26.2. The van der Waals surface area contributed by atoms with Gasteiger partial charge in [0.2, 0.25) is 0 Å². The largest absolute Gasteiger partial charge is 0.508 e. The molecular weight excluding hydrogens is 490 g/mol. The van der Waals surface area contributed by atoms with Crippen LogP contribution in [-0.4, -0.2) is 61.9 Å². The third-order valence-corrected chi connectivity index (χ3v) is 5.80. The van der Waals surface area contributed by atoms with Crippen LogP contribution >= 0.6 is 12.4 Å². The highest BCUT2D eigenvalue weighted by atomic mass is 35.5. The van der Waals surface area contributed by atoms with Crippen LogP contribution in [-0.2, 0) is 11.2 Å². The Kier molecular flexibility index (Phi) is 16.4. The Hall–Kier alpha value is -2.54.